The first kappa shape index (κ1) is 11.3. The van der Waals surface area contributed by atoms with E-state index in [0.717, 1.165) is 11.1 Å². The van der Waals surface area contributed by atoms with Crippen LogP contribution in [0.1, 0.15) is 27.3 Å². The molecule has 1 aromatic heterocycles. The molecule has 2 N–H and O–H groups in total. The second-order valence-corrected chi connectivity index (χ2v) is 3.97. The highest BCUT2D eigenvalue weighted by Crippen LogP contribution is 2.14. The van der Waals surface area contributed by atoms with Gasteiger partial charge in [-0.2, -0.15) is 4.98 Å². The second kappa shape index (κ2) is 4.37. The van der Waals surface area contributed by atoms with Gasteiger partial charge in [-0.1, -0.05) is 18.2 Å². The normalized spacial score (nSPS) is 10.3. The van der Waals surface area contributed by atoms with Gasteiger partial charge in [0.1, 0.15) is 5.82 Å². The topological polar surface area (TPSA) is 70.7 Å². The summed E-state index contributed by atoms with van der Waals surface area (Å²) in [5.74, 6) is 0.788. The summed E-state index contributed by atoms with van der Waals surface area (Å²) in [5.41, 5.74) is 2.56. The minimum Gasteiger partial charge on any atom is -0.289 e. The van der Waals surface area contributed by atoms with E-state index in [0.29, 0.717) is 17.3 Å². The number of hydrogen-bond donors (Lipinski definition) is 2. The monoisotopic (exact) mass is 230 g/mol. The van der Waals surface area contributed by atoms with Crippen LogP contribution >= 0.6 is 0 Å². The highest BCUT2D eigenvalue weighted by molar-refractivity contribution is 6.05. The van der Waals surface area contributed by atoms with E-state index in [2.05, 4.69) is 20.5 Å². The largest absolute Gasteiger partial charge is 0.289 e. The number of rotatable bonds is 2. The Hall–Kier alpha value is -2.17. The molecular formula is C12H14N4O. The van der Waals surface area contributed by atoms with Gasteiger partial charge >= 0.3 is 0 Å². The first-order valence-corrected chi connectivity index (χ1v) is 5.34. The van der Waals surface area contributed by atoms with Crippen molar-refractivity contribution < 1.29 is 4.79 Å². The molecule has 0 saturated carbocycles. The zero-order chi connectivity index (χ0) is 12.4. The molecule has 17 heavy (non-hydrogen) atoms. The van der Waals surface area contributed by atoms with E-state index in [4.69, 9.17) is 0 Å². The number of amides is 1. The molecule has 0 bridgehead atoms. The maximum atomic E-state index is 12.1. The van der Waals surface area contributed by atoms with Crippen LogP contribution in [-0.2, 0) is 0 Å². The summed E-state index contributed by atoms with van der Waals surface area (Å²) in [6, 6.07) is 5.74. The molecular weight excluding hydrogens is 216 g/mol. The third-order valence-electron chi connectivity index (χ3n) is 2.53. The average Bonchev–Trinajstić information content (AvgIpc) is 2.63. The Bertz CT molecular complexity index is 539. The summed E-state index contributed by atoms with van der Waals surface area (Å²) in [5, 5.41) is 9.22. The number of H-pyrrole nitrogens is 1. The number of anilines is 1. The van der Waals surface area contributed by atoms with Crippen molar-refractivity contribution >= 4 is 11.9 Å². The Balaban J connectivity index is 2.26. The first-order valence-electron chi connectivity index (χ1n) is 5.34. The lowest BCUT2D eigenvalue weighted by Gasteiger charge is -2.07. The predicted molar refractivity (Wildman–Crippen MR) is 65.0 cm³/mol. The Morgan fingerprint density at radius 3 is 2.41 bits per heavy atom. The van der Waals surface area contributed by atoms with Crippen molar-refractivity contribution in [3.8, 4) is 0 Å². The molecule has 2 aromatic rings. The number of carbonyl (C=O) groups is 1. The fraction of sp³-hybridized carbons (Fsp3) is 0.250. The van der Waals surface area contributed by atoms with Gasteiger partial charge in [-0.15, -0.1) is 5.10 Å². The van der Waals surface area contributed by atoms with Crippen LogP contribution < -0.4 is 5.32 Å². The van der Waals surface area contributed by atoms with Crippen LogP contribution in [0.25, 0.3) is 0 Å². The highest BCUT2D eigenvalue weighted by atomic mass is 16.1. The van der Waals surface area contributed by atoms with Crippen molar-refractivity contribution in [1.82, 2.24) is 15.2 Å². The number of benzene rings is 1. The van der Waals surface area contributed by atoms with E-state index < -0.39 is 0 Å². The fourth-order valence-corrected chi connectivity index (χ4v) is 1.74. The van der Waals surface area contributed by atoms with Gasteiger partial charge in [0.2, 0.25) is 5.95 Å². The smallest absolute Gasteiger partial charge is 0.258 e. The summed E-state index contributed by atoms with van der Waals surface area (Å²) >= 11 is 0. The second-order valence-electron chi connectivity index (χ2n) is 3.97. The standard InChI is InChI=1S/C12H14N4O/c1-7-5-4-6-8(2)10(7)11(17)14-12-13-9(3)15-16-12/h4-6H,1-3H3,(H2,13,14,15,16,17). The number of carbonyl (C=O) groups excluding carboxylic acids is 1. The zero-order valence-electron chi connectivity index (χ0n) is 10.0. The van der Waals surface area contributed by atoms with Crippen molar-refractivity contribution in [2.75, 3.05) is 5.32 Å². The van der Waals surface area contributed by atoms with Crippen molar-refractivity contribution in [3.63, 3.8) is 0 Å². The van der Waals surface area contributed by atoms with Gasteiger partial charge in [0.25, 0.3) is 5.91 Å². The van der Waals surface area contributed by atoms with E-state index >= 15 is 0 Å². The van der Waals surface area contributed by atoms with E-state index in [1.54, 1.807) is 6.92 Å². The summed E-state index contributed by atoms with van der Waals surface area (Å²) < 4.78 is 0. The van der Waals surface area contributed by atoms with Crippen LogP contribution in [-0.4, -0.2) is 21.1 Å². The molecule has 1 aromatic carbocycles. The average molecular weight is 230 g/mol. The summed E-state index contributed by atoms with van der Waals surface area (Å²) in [6.07, 6.45) is 0. The summed E-state index contributed by atoms with van der Waals surface area (Å²) in [6.45, 7) is 5.60. The van der Waals surface area contributed by atoms with E-state index in [1.807, 2.05) is 32.0 Å². The van der Waals surface area contributed by atoms with Crippen LogP contribution in [0, 0.1) is 20.8 Å². The van der Waals surface area contributed by atoms with Crippen molar-refractivity contribution in [3.05, 3.63) is 40.7 Å². The van der Waals surface area contributed by atoms with Gasteiger partial charge in [0.15, 0.2) is 0 Å². The molecule has 0 aliphatic carbocycles. The van der Waals surface area contributed by atoms with Gasteiger partial charge in [0.05, 0.1) is 0 Å². The molecule has 0 spiro atoms. The Morgan fingerprint density at radius 2 is 1.88 bits per heavy atom. The molecule has 0 radical (unpaired) electrons. The third-order valence-corrected chi connectivity index (χ3v) is 2.53. The van der Waals surface area contributed by atoms with E-state index in [1.165, 1.54) is 0 Å². The minimum absolute atomic E-state index is 0.181. The van der Waals surface area contributed by atoms with E-state index in [9.17, 15) is 4.79 Å². The van der Waals surface area contributed by atoms with Crippen LogP contribution in [0.15, 0.2) is 18.2 Å². The van der Waals surface area contributed by atoms with Gasteiger partial charge in [-0.05, 0) is 31.9 Å². The molecule has 2 rings (SSSR count). The molecule has 0 saturated heterocycles. The quantitative estimate of drug-likeness (QED) is 0.828. The third kappa shape index (κ3) is 2.33. The minimum atomic E-state index is -0.181. The Kier molecular flexibility index (Phi) is 2.91. The van der Waals surface area contributed by atoms with Crippen LogP contribution in [0.4, 0.5) is 5.95 Å². The lowest BCUT2D eigenvalue weighted by molar-refractivity contribution is 0.102. The molecule has 5 nitrogen and oxygen atoms in total. The Labute approximate surface area is 99.3 Å². The van der Waals surface area contributed by atoms with Crippen LogP contribution in [0.3, 0.4) is 0 Å². The SMILES string of the molecule is Cc1nc(NC(=O)c2c(C)cccc2C)n[nH]1. The highest BCUT2D eigenvalue weighted by Gasteiger charge is 2.13. The van der Waals surface area contributed by atoms with E-state index in [-0.39, 0.29) is 5.91 Å². The lowest BCUT2D eigenvalue weighted by atomic mass is 10.0. The molecule has 0 aliphatic heterocycles. The number of nitrogens with zero attached hydrogens (tertiary/aromatic N) is 2. The van der Waals surface area contributed by atoms with Crippen molar-refractivity contribution in [2.24, 2.45) is 0 Å². The van der Waals surface area contributed by atoms with Gasteiger partial charge in [0, 0.05) is 5.56 Å². The fourth-order valence-electron chi connectivity index (χ4n) is 1.74. The van der Waals surface area contributed by atoms with Crippen molar-refractivity contribution in [2.45, 2.75) is 20.8 Å². The summed E-state index contributed by atoms with van der Waals surface area (Å²) in [7, 11) is 0. The van der Waals surface area contributed by atoms with Gasteiger partial charge < -0.3 is 0 Å². The predicted octanol–water partition coefficient (Wildman–Crippen LogP) is 1.98. The number of hydrogen-bond acceptors (Lipinski definition) is 3. The molecule has 1 heterocycles. The Morgan fingerprint density at radius 1 is 1.24 bits per heavy atom. The molecule has 0 aliphatic rings. The molecule has 1 amide bonds. The molecule has 5 heteroatoms. The molecule has 0 fully saturated rings. The van der Waals surface area contributed by atoms with Crippen LogP contribution in [0.2, 0.25) is 0 Å². The number of aryl methyl sites for hydroxylation is 3. The lowest BCUT2D eigenvalue weighted by Crippen LogP contribution is -2.15. The maximum absolute atomic E-state index is 12.1. The molecule has 0 atom stereocenters. The van der Waals surface area contributed by atoms with Gasteiger partial charge in [-0.3, -0.25) is 15.2 Å². The van der Waals surface area contributed by atoms with Crippen LogP contribution in [0.5, 0.6) is 0 Å². The zero-order valence-corrected chi connectivity index (χ0v) is 10.0. The molecule has 88 valence electrons. The summed E-state index contributed by atoms with van der Waals surface area (Å²) in [4.78, 5) is 16.1. The molecule has 0 unspecified atom stereocenters. The maximum Gasteiger partial charge on any atom is 0.258 e. The van der Waals surface area contributed by atoms with Crippen molar-refractivity contribution in [1.29, 1.82) is 0 Å². The number of aromatic amines is 1. The van der Waals surface area contributed by atoms with Gasteiger partial charge in [-0.25, -0.2) is 0 Å². The number of aromatic nitrogens is 3. The first-order chi connectivity index (χ1) is 8.08. The number of nitrogens with one attached hydrogen (secondary N) is 2.